The summed E-state index contributed by atoms with van der Waals surface area (Å²) >= 11 is 1.17. The van der Waals surface area contributed by atoms with Gasteiger partial charge in [-0.05, 0) is 42.7 Å². The first kappa shape index (κ1) is 22.3. The van der Waals surface area contributed by atoms with Crippen molar-refractivity contribution in [2.75, 3.05) is 22.4 Å². The normalized spacial score (nSPS) is 14.1. The van der Waals surface area contributed by atoms with Crippen LogP contribution in [0.1, 0.15) is 30.9 Å². The largest absolute Gasteiger partial charge is 0.325 e. The van der Waals surface area contributed by atoms with E-state index in [0.717, 1.165) is 16.8 Å². The van der Waals surface area contributed by atoms with Crippen molar-refractivity contribution in [3.8, 4) is 11.3 Å². The molecule has 32 heavy (non-hydrogen) atoms. The third-order valence-corrected chi connectivity index (χ3v) is 7.95. The van der Waals surface area contributed by atoms with Crippen LogP contribution in [0.5, 0.6) is 0 Å². The molecule has 1 N–H and O–H groups in total. The Labute approximate surface area is 192 Å². The lowest BCUT2D eigenvalue weighted by Gasteiger charge is -2.28. The molecular weight excluding hydrogens is 444 g/mol. The van der Waals surface area contributed by atoms with Gasteiger partial charge in [-0.15, -0.1) is 0 Å². The number of hydrogen-bond donors (Lipinski definition) is 1. The predicted octanol–water partition coefficient (Wildman–Crippen LogP) is 4.44. The highest BCUT2D eigenvalue weighted by molar-refractivity contribution is 7.99. The highest BCUT2D eigenvalue weighted by atomic mass is 32.2. The van der Waals surface area contributed by atoms with E-state index >= 15 is 0 Å². The van der Waals surface area contributed by atoms with Gasteiger partial charge in [-0.25, -0.2) is 18.4 Å². The van der Waals surface area contributed by atoms with Gasteiger partial charge >= 0.3 is 0 Å². The lowest BCUT2D eigenvalue weighted by atomic mass is 10.0. The van der Waals surface area contributed by atoms with E-state index < -0.39 is 10.0 Å². The molecule has 0 bridgehead atoms. The Balaban J connectivity index is 1.53. The molecule has 0 fully saturated rings. The Morgan fingerprint density at radius 2 is 1.88 bits per heavy atom. The van der Waals surface area contributed by atoms with Crippen LogP contribution in [-0.2, 0) is 14.8 Å². The molecule has 0 saturated heterocycles. The van der Waals surface area contributed by atoms with Gasteiger partial charge in [0.1, 0.15) is 4.90 Å². The van der Waals surface area contributed by atoms with Crippen molar-refractivity contribution >= 4 is 39.1 Å². The Kier molecular flexibility index (Phi) is 5.96. The number of nitrogens with one attached hydrogen (secondary N) is 1. The molecule has 1 aliphatic rings. The first-order chi connectivity index (χ1) is 15.2. The van der Waals surface area contributed by atoms with Crippen LogP contribution < -0.4 is 9.62 Å². The fourth-order valence-corrected chi connectivity index (χ4v) is 5.39. The van der Waals surface area contributed by atoms with Gasteiger partial charge in [-0.3, -0.25) is 9.10 Å². The quantitative estimate of drug-likeness (QED) is 0.439. The van der Waals surface area contributed by atoms with Crippen molar-refractivity contribution in [2.24, 2.45) is 0 Å². The smallest absolute Gasteiger partial charge is 0.267 e. The van der Waals surface area contributed by atoms with E-state index in [-0.39, 0.29) is 16.6 Å². The maximum absolute atomic E-state index is 12.9. The summed E-state index contributed by atoms with van der Waals surface area (Å²) < 4.78 is 27.0. The molecule has 166 valence electrons. The zero-order valence-electron chi connectivity index (χ0n) is 18.3. The predicted molar refractivity (Wildman–Crippen MR) is 128 cm³/mol. The van der Waals surface area contributed by atoms with Crippen molar-refractivity contribution < 1.29 is 13.2 Å². The average molecular weight is 469 g/mol. The monoisotopic (exact) mass is 468 g/mol. The molecule has 0 atom stereocenters. The molecule has 1 aliphatic heterocycles. The number of thioether (sulfide) groups is 1. The van der Waals surface area contributed by atoms with E-state index in [1.165, 1.54) is 34.9 Å². The third kappa shape index (κ3) is 4.22. The van der Waals surface area contributed by atoms with Crippen LogP contribution in [0.2, 0.25) is 0 Å². The number of carbonyl (C=O) groups is 1. The van der Waals surface area contributed by atoms with Crippen LogP contribution in [0.15, 0.2) is 58.7 Å². The molecule has 2 heterocycles. The number of rotatable bonds is 5. The number of amides is 1. The SMILES string of the molecule is Cc1ccc2c(c1)-c1nc(SCC(=O)Nc3ccc(C(C)C)cc3)ncc1S(=O)(=O)N2C. The number of nitrogens with zero attached hydrogens (tertiary/aromatic N) is 3. The second-order valence-electron chi connectivity index (χ2n) is 7.97. The third-order valence-electron chi connectivity index (χ3n) is 5.31. The highest BCUT2D eigenvalue weighted by Gasteiger charge is 2.34. The van der Waals surface area contributed by atoms with Crippen LogP contribution in [0.25, 0.3) is 11.3 Å². The number of fused-ring (bicyclic) bond motifs is 3. The molecule has 0 unspecified atom stereocenters. The number of aromatic nitrogens is 2. The zero-order chi connectivity index (χ0) is 23.0. The van der Waals surface area contributed by atoms with Crippen molar-refractivity contribution in [3.05, 3.63) is 59.8 Å². The molecule has 1 aromatic heterocycles. The second-order valence-corrected chi connectivity index (χ2v) is 10.9. The lowest BCUT2D eigenvalue weighted by molar-refractivity contribution is -0.113. The molecule has 1 amide bonds. The number of hydrogen-bond acceptors (Lipinski definition) is 6. The fraction of sp³-hybridized carbons (Fsp3) is 0.261. The molecule has 0 spiro atoms. The van der Waals surface area contributed by atoms with Crippen molar-refractivity contribution in [1.29, 1.82) is 0 Å². The van der Waals surface area contributed by atoms with E-state index in [9.17, 15) is 13.2 Å². The van der Waals surface area contributed by atoms with Gasteiger partial charge in [0, 0.05) is 18.3 Å². The van der Waals surface area contributed by atoms with E-state index in [1.807, 2.05) is 43.3 Å². The van der Waals surface area contributed by atoms with Gasteiger partial charge in [0.15, 0.2) is 5.16 Å². The van der Waals surface area contributed by atoms with Crippen LogP contribution in [0, 0.1) is 6.92 Å². The van der Waals surface area contributed by atoms with Crippen LogP contribution in [-0.4, -0.2) is 37.1 Å². The summed E-state index contributed by atoms with van der Waals surface area (Å²) in [6.07, 6.45) is 1.32. The van der Waals surface area contributed by atoms with Crippen LogP contribution in [0.4, 0.5) is 11.4 Å². The fourth-order valence-electron chi connectivity index (χ4n) is 3.48. The lowest BCUT2D eigenvalue weighted by Crippen LogP contribution is -2.31. The maximum Gasteiger partial charge on any atom is 0.267 e. The Hall–Kier alpha value is -2.91. The molecule has 3 aromatic rings. The van der Waals surface area contributed by atoms with Gasteiger partial charge in [-0.1, -0.05) is 49.4 Å². The minimum atomic E-state index is -3.73. The number of carbonyl (C=O) groups excluding carboxylic acids is 1. The van der Waals surface area contributed by atoms with Gasteiger partial charge in [-0.2, -0.15) is 0 Å². The molecule has 7 nitrogen and oxygen atoms in total. The van der Waals surface area contributed by atoms with Gasteiger partial charge in [0.2, 0.25) is 5.91 Å². The number of aryl methyl sites for hydroxylation is 1. The number of benzene rings is 2. The Morgan fingerprint density at radius 3 is 2.56 bits per heavy atom. The number of sulfonamides is 1. The van der Waals surface area contributed by atoms with Gasteiger partial charge in [0.25, 0.3) is 10.0 Å². The maximum atomic E-state index is 12.9. The van der Waals surface area contributed by atoms with Crippen molar-refractivity contribution in [2.45, 2.75) is 36.7 Å². The van der Waals surface area contributed by atoms with Crippen LogP contribution in [0.3, 0.4) is 0 Å². The van der Waals surface area contributed by atoms with Crippen molar-refractivity contribution in [1.82, 2.24) is 9.97 Å². The van der Waals surface area contributed by atoms with Crippen molar-refractivity contribution in [3.63, 3.8) is 0 Å². The summed E-state index contributed by atoms with van der Waals surface area (Å²) in [7, 11) is -2.20. The van der Waals surface area contributed by atoms with E-state index in [0.29, 0.717) is 22.5 Å². The first-order valence-electron chi connectivity index (χ1n) is 10.2. The highest BCUT2D eigenvalue weighted by Crippen LogP contribution is 2.41. The average Bonchev–Trinajstić information content (AvgIpc) is 2.76. The second kappa shape index (κ2) is 8.55. The number of anilines is 2. The molecule has 0 saturated carbocycles. The molecule has 9 heteroatoms. The minimum Gasteiger partial charge on any atom is -0.325 e. The molecular formula is C23H24N4O3S2. The summed E-state index contributed by atoms with van der Waals surface area (Å²) in [5.74, 6) is 0.351. The summed E-state index contributed by atoms with van der Waals surface area (Å²) in [5, 5.41) is 3.21. The van der Waals surface area contributed by atoms with E-state index in [4.69, 9.17) is 0 Å². The molecule has 2 aromatic carbocycles. The molecule has 0 radical (unpaired) electrons. The summed E-state index contributed by atoms with van der Waals surface area (Å²) in [5.41, 5.74) is 4.60. The van der Waals surface area contributed by atoms with E-state index in [1.54, 1.807) is 6.07 Å². The summed E-state index contributed by atoms with van der Waals surface area (Å²) in [6, 6.07) is 13.3. The minimum absolute atomic E-state index is 0.0668. The van der Waals surface area contributed by atoms with Gasteiger partial charge < -0.3 is 5.32 Å². The molecule has 4 rings (SSSR count). The Morgan fingerprint density at radius 1 is 1.16 bits per heavy atom. The molecule has 0 aliphatic carbocycles. The van der Waals surface area contributed by atoms with Gasteiger partial charge in [0.05, 0.1) is 23.3 Å². The topological polar surface area (TPSA) is 92.3 Å². The zero-order valence-corrected chi connectivity index (χ0v) is 19.9. The summed E-state index contributed by atoms with van der Waals surface area (Å²) in [4.78, 5) is 21.2. The first-order valence-corrected chi connectivity index (χ1v) is 12.6. The summed E-state index contributed by atoms with van der Waals surface area (Å²) in [6.45, 7) is 6.18. The van der Waals surface area contributed by atoms with E-state index in [2.05, 4.69) is 29.1 Å². The van der Waals surface area contributed by atoms with Crippen LogP contribution >= 0.6 is 11.8 Å². The Bertz CT molecular complexity index is 1290. The standard InChI is InChI=1S/C23H24N4O3S2/c1-14(2)16-6-8-17(9-7-16)25-21(28)13-31-23-24-12-20-22(26-23)18-11-15(3)5-10-19(18)27(4)32(20,29)30/h5-12,14H,13H2,1-4H3,(H,25,28).